The second-order valence-electron chi connectivity index (χ2n) is 6.76. The summed E-state index contributed by atoms with van der Waals surface area (Å²) in [7, 11) is 1.88. The molecular weight excluding hydrogens is 369 g/mol. The van der Waals surface area contributed by atoms with Gasteiger partial charge in [-0.3, -0.25) is 0 Å². The average Bonchev–Trinajstić information content (AvgIpc) is 2.73. The van der Waals surface area contributed by atoms with Gasteiger partial charge in [-0.2, -0.15) is 0 Å². The predicted octanol–water partition coefficient (Wildman–Crippen LogP) is 5.21. The van der Waals surface area contributed by atoms with Crippen LogP contribution in [0.25, 0.3) is 22.3 Å². The zero-order valence-corrected chi connectivity index (χ0v) is 15.9. The van der Waals surface area contributed by atoms with Crippen LogP contribution in [0.1, 0.15) is 15.9 Å². The van der Waals surface area contributed by atoms with E-state index in [9.17, 15) is 14.3 Å². The van der Waals surface area contributed by atoms with Gasteiger partial charge in [-0.05, 0) is 61.0 Å². The summed E-state index contributed by atoms with van der Waals surface area (Å²) in [6.07, 6.45) is 0. The van der Waals surface area contributed by atoms with Crippen molar-refractivity contribution in [3.05, 3.63) is 83.7 Å². The molecule has 0 spiro atoms. The molecule has 1 N–H and O–H groups in total. The lowest BCUT2D eigenvalue weighted by molar-refractivity contribution is 0.0697. The van der Waals surface area contributed by atoms with E-state index in [1.165, 1.54) is 24.3 Å². The summed E-state index contributed by atoms with van der Waals surface area (Å²) in [4.78, 5) is 22.7. The Kier molecular flexibility index (Phi) is 4.68. The number of rotatable bonds is 4. The number of carbonyl (C=O) groups is 1. The summed E-state index contributed by atoms with van der Waals surface area (Å²) in [5.41, 5.74) is 4.50. The first kappa shape index (κ1) is 18.6. The largest absolute Gasteiger partial charge is 0.478 e. The van der Waals surface area contributed by atoms with Crippen LogP contribution in [0.2, 0.25) is 0 Å². The van der Waals surface area contributed by atoms with Gasteiger partial charge in [0.05, 0.1) is 16.6 Å². The van der Waals surface area contributed by atoms with E-state index in [-0.39, 0.29) is 11.4 Å². The number of benzene rings is 3. The molecule has 29 heavy (non-hydrogen) atoms. The molecule has 1 heterocycles. The van der Waals surface area contributed by atoms with Gasteiger partial charge < -0.3 is 10.0 Å². The fourth-order valence-electron chi connectivity index (χ4n) is 3.27. The first-order valence-corrected chi connectivity index (χ1v) is 9.04. The van der Waals surface area contributed by atoms with Crippen LogP contribution in [0, 0.1) is 12.7 Å². The number of hydrogen-bond acceptors (Lipinski definition) is 4. The smallest absolute Gasteiger partial charge is 0.335 e. The van der Waals surface area contributed by atoms with Gasteiger partial charge in [0, 0.05) is 18.3 Å². The molecule has 0 saturated heterocycles. The van der Waals surface area contributed by atoms with E-state index >= 15 is 0 Å². The molecule has 144 valence electrons. The highest BCUT2D eigenvalue weighted by atomic mass is 19.1. The topological polar surface area (TPSA) is 66.3 Å². The van der Waals surface area contributed by atoms with Crippen LogP contribution in [0.15, 0.2) is 66.7 Å². The van der Waals surface area contributed by atoms with Gasteiger partial charge in [-0.25, -0.2) is 19.2 Å². The van der Waals surface area contributed by atoms with E-state index in [1.807, 2.05) is 43.1 Å². The van der Waals surface area contributed by atoms with Gasteiger partial charge in [0.2, 0.25) is 0 Å². The summed E-state index contributed by atoms with van der Waals surface area (Å²) in [5, 5.41) is 9.30. The number of nitrogens with zero attached hydrogens (tertiary/aromatic N) is 3. The zero-order chi connectivity index (χ0) is 20.5. The minimum absolute atomic E-state index is 0.144. The average molecular weight is 387 g/mol. The van der Waals surface area contributed by atoms with Crippen molar-refractivity contribution in [2.45, 2.75) is 6.92 Å². The Bertz CT molecular complexity index is 1220. The molecule has 6 heteroatoms. The molecular formula is C23H18FN3O2. The van der Waals surface area contributed by atoms with Crippen molar-refractivity contribution in [2.24, 2.45) is 0 Å². The molecule has 0 aliphatic carbocycles. The first-order valence-electron chi connectivity index (χ1n) is 9.04. The first-order chi connectivity index (χ1) is 13.9. The maximum Gasteiger partial charge on any atom is 0.335 e. The zero-order valence-electron chi connectivity index (χ0n) is 15.9. The van der Waals surface area contributed by atoms with E-state index < -0.39 is 5.97 Å². The number of anilines is 2. The van der Waals surface area contributed by atoms with Gasteiger partial charge in [-0.1, -0.05) is 18.2 Å². The summed E-state index contributed by atoms with van der Waals surface area (Å²) in [6.45, 7) is 2.00. The Morgan fingerprint density at radius 3 is 2.38 bits per heavy atom. The Morgan fingerprint density at radius 1 is 0.966 bits per heavy atom. The van der Waals surface area contributed by atoms with Crippen molar-refractivity contribution >= 4 is 28.5 Å². The second-order valence-corrected chi connectivity index (χ2v) is 6.76. The van der Waals surface area contributed by atoms with Gasteiger partial charge in [0.25, 0.3) is 0 Å². The fourth-order valence-corrected chi connectivity index (χ4v) is 3.27. The molecule has 0 aliphatic heterocycles. The standard InChI is InChI=1S/C23H18FN3O2/c1-14-5-3-4-6-20(14)27(2)22-21(15-7-10-17(24)11-8-15)25-18-12-9-16(23(28)29)13-19(18)26-22/h3-13H,1-2H3,(H,28,29). The number of halogens is 1. The van der Waals surface area contributed by atoms with E-state index in [4.69, 9.17) is 9.97 Å². The van der Waals surface area contributed by atoms with Gasteiger partial charge >= 0.3 is 5.97 Å². The van der Waals surface area contributed by atoms with Crippen LogP contribution in [0.4, 0.5) is 15.9 Å². The molecule has 0 atom stereocenters. The lowest BCUT2D eigenvalue weighted by Crippen LogP contribution is -2.15. The Morgan fingerprint density at radius 2 is 1.69 bits per heavy atom. The summed E-state index contributed by atoms with van der Waals surface area (Å²) in [5.74, 6) is -0.798. The van der Waals surface area contributed by atoms with Crippen LogP contribution < -0.4 is 4.90 Å². The number of hydrogen-bond donors (Lipinski definition) is 1. The fraction of sp³-hybridized carbons (Fsp3) is 0.0870. The normalized spacial score (nSPS) is 10.9. The van der Waals surface area contributed by atoms with Crippen LogP contribution in [0.5, 0.6) is 0 Å². The van der Waals surface area contributed by atoms with Crippen molar-refractivity contribution in [3.63, 3.8) is 0 Å². The molecule has 0 amide bonds. The van der Waals surface area contributed by atoms with E-state index in [0.717, 1.165) is 16.8 Å². The number of aromatic carboxylic acids is 1. The minimum Gasteiger partial charge on any atom is -0.478 e. The summed E-state index contributed by atoms with van der Waals surface area (Å²) in [6, 6.07) is 18.6. The maximum absolute atomic E-state index is 13.5. The van der Waals surface area contributed by atoms with Crippen molar-refractivity contribution in [1.82, 2.24) is 9.97 Å². The Hall–Kier alpha value is -3.80. The lowest BCUT2D eigenvalue weighted by atomic mass is 10.1. The predicted molar refractivity (Wildman–Crippen MR) is 111 cm³/mol. The van der Waals surface area contributed by atoms with Crippen molar-refractivity contribution in [3.8, 4) is 11.3 Å². The Balaban J connectivity index is 1.97. The monoisotopic (exact) mass is 387 g/mol. The van der Waals surface area contributed by atoms with Crippen molar-refractivity contribution < 1.29 is 14.3 Å². The quantitative estimate of drug-likeness (QED) is 0.521. The van der Waals surface area contributed by atoms with Crippen LogP contribution in [-0.4, -0.2) is 28.1 Å². The minimum atomic E-state index is -1.02. The number of carboxylic acid groups (broad SMARTS) is 1. The third-order valence-electron chi connectivity index (χ3n) is 4.80. The molecule has 0 aliphatic rings. The highest BCUT2D eigenvalue weighted by Gasteiger charge is 2.18. The van der Waals surface area contributed by atoms with Gasteiger partial charge in [-0.15, -0.1) is 0 Å². The molecule has 0 fully saturated rings. The molecule has 4 aromatic rings. The maximum atomic E-state index is 13.5. The second kappa shape index (κ2) is 7.31. The molecule has 0 bridgehead atoms. The SMILES string of the molecule is Cc1ccccc1N(C)c1nc2cc(C(=O)O)ccc2nc1-c1ccc(F)cc1. The molecule has 0 saturated carbocycles. The number of aryl methyl sites for hydroxylation is 1. The molecule has 4 rings (SSSR count). The van der Waals surface area contributed by atoms with E-state index in [2.05, 4.69) is 0 Å². The molecule has 0 unspecified atom stereocenters. The number of carboxylic acids is 1. The van der Waals surface area contributed by atoms with Crippen molar-refractivity contribution in [2.75, 3.05) is 11.9 Å². The highest BCUT2D eigenvalue weighted by molar-refractivity contribution is 5.93. The lowest BCUT2D eigenvalue weighted by Gasteiger charge is -2.23. The van der Waals surface area contributed by atoms with Crippen LogP contribution in [-0.2, 0) is 0 Å². The van der Waals surface area contributed by atoms with E-state index in [0.29, 0.717) is 22.5 Å². The Labute approximate surface area is 167 Å². The van der Waals surface area contributed by atoms with Gasteiger partial charge in [0.15, 0.2) is 5.82 Å². The summed E-state index contributed by atoms with van der Waals surface area (Å²) < 4.78 is 13.5. The van der Waals surface area contributed by atoms with E-state index in [1.54, 1.807) is 18.2 Å². The van der Waals surface area contributed by atoms with Crippen LogP contribution >= 0.6 is 0 Å². The molecule has 5 nitrogen and oxygen atoms in total. The van der Waals surface area contributed by atoms with Crippen LogP contribution in [0.3, 0.4) is 0 Å². The molecule has 1 aromatic heterocycles. The number of fused-ring (bicyclic) bond motifs is 1. The number of aromatic nitrogens is 2. The molecule has 0 radical (unpaired) electrons. The highest BCUT2D eigenvalue weighted by Crippen LogP contribution is 2.34. The third-order valence-corrected chi connectivity index (χ3v) is 4.80. The number of para-hydroxylation sites is 1. The van der Waals surface area contributed by atoms with Crippen molar-refractivity contribution in [1.29, 1.82) is 0 Å². The molecule has 3 aromatic carbocycles. The third kappa shape index (κ3) is 3.52. The van der Waals surface area contributed by atoms with Gasteiger partial charge in [0.1, 0.15) is 11.5 Å². The summed E-state index contributed by atoms with van der Waals surface area (Å²) >= 11 is 0.